The van der Waals surface area contributed by atoms with E-state index >= 15 is 0 Å². The summed E-state index contributed by atoms with van der Waals surface area (Å²) in [6.45, 7) is 7.07. The van der Waals surface area contributed by atoms with Crippen molar-refractivity contribution in [2.75, 3.05) is 0 Å². The Balaban J connectivity index is 1.37. The normalized spacial score (nSPS) is 45.4. The molecule has 1 aromatic heterocycles. The van der Waals surface area contributed by atoms with Crippen molar-refractivity contribution in [3.05, 3.63) is 18.0 Å². The maximum Gasteiger partial charge on any atom is 0.157 e. The number of nitrogens with zero attached hydrogens (tertiary/aromatic N) is 3. The van der Waals surface area contributed by atoms with E-state index in [4.69, 9.17) is 5.26 Å². The summed E-state index contributed by atoms with van der Waals surface area (Å²) in [6.07, 6.45) is 13.5. The first kappa shape index (κ1) is 22.1. The van der Waals surface area contributed by atoms with E-state index in [0.29, 0.717) is 35.6 Å². The van der Waals surface area contributed by atoms with Gasteiger partial charge in [0.2, 0.25) is 0 Å². The van der Waals surface area contributed by atoms with Crippen LogP contribution in [0.2, 0.25) is 0 Å². The number of rotatable bonds is 4. The molecule has 0 spiro atoms. The molecule has 0 saturated heterocycles. The van der Waals surface area contributed by atoms with E-state index < -0.39 is 5.60 Å². The SMILES string of the molecule is CC[C@@H]1C[C@H](C(=O)Cn2cc(C#N)cn2)[C@@]2(C)CC[C@H]3[C@@H](CC[C@@H]4C[C@](C)(O)CC[C@@H]43)[C@H]12. The zero-order valence-corrected chi connectivity index (χ0v) is 20.0. The average Bonchev–Trinajstić information content (AvgIpc) is 3.33. The highest BCUT2D eigenvalue weighted by Crippen LogP contribution is 2.66. The zero-order chi connectivity index (χ0) is 22.7. The molecule has 4 fully saturated rings. The molecule has 1 heterocycles. The molecule has 5 rings (SSSR count). The van der Waals surface area contributed by atoms with Gasteiger partial charge in [-0.25, -0.2) is 0 Å². The Labute approximate surface area is 192 Å². The van der Waals surface area contributed by atoms with E-state index in [2.05, 4.69) is 25.0 Å². The molecule has 0 unspecified atom stereocenters. The van der Waals surface area contributed by atoms with E-state index in [1.165, 1.54) is 25.7 Å². The molecule has 0 aliphatic heterocycles. The van der Waals surface area contributed by atoms with Gasteiger partial charge in [-0.05, 0) is 99.2 Å². The van der Waals surface area contributed by atoms with E-state index in [-0.39, 0.29) is 11.3 Å². The van der Waals surface area contributed by atoms with Gasteiger partial charge in [0.25, 0.3) is 0 Å². The Morgan fingerprint density at radius 1 is 1.22 bits per heavy atom. The van der Waals surface area contributed by atoms with E-state index in [0.717, 1.165) is 49.9 Å². The topological polar surface area (TPSA) is 78.9 Å². The number of nitriles is 1. The molecule has 1 aromatic rings. The van der Waals surface area contributed by atoms with Crippen LogP contribution >= 0.6 is 0 Å². The molecule has 4 aliphatic rings. The predicted octanol–water partition coefficient (Wildman–Crippen LogP) is 4.98. The highest BCUT2D eigenvalue weighted by Gasteiger charge is 2.61. The van der Waals surface area contributed by atoms with Crippen molar-refractivity contribution in [1.82, 2.24) is 9.78 Å². The van der Waals surface area contributed by atoms with Crippen molar-refractivity contribution in [2.45, 2.75) is 90.7 Å². The molecule has 0 bridgehead atoms. The number of hydrogen-bond donors (Lipinski definition) is 1. The van der Waals surface area contributed by atoms with Crippen molar-refractivity contribution in [3.63, 3.8) is 0 Å². The van der Waals surface area contributed by atoms with Crippen molar-refractivity contribution in [2.24, 2.45) is 46.8 Å². The zero-order valence-electron chi connectivity index (χ0n) is 20.0. The van der Waals surface area contributed by atoms with Crippen LogP contribution in [0.4, 0.5) is 0 Å². The number of fused-ring (bicyclic) bond motifs is 5. The molecule has 9 atom stereocenters. The summed E-state index contributed by atoms with van der Waals surface area (Å²) in [7, 11) is 0. The fraction of sp³-hybridized carbons (Fsp3) is 0.815. The molecule has 1 N–H and O–H groups in total. The summed E-state index contributed by atoms with van der Waals surface area (Å²) in [5.41, 5.74) is 0.145. The number of ketones is 1. The second-order valence-electron chi connectivity index (χ2n) is 12.1. The Morgan fingerprint density at radius 2 is 2.00 bits per heavy atom. The van der Waals surface area contributed by atoms with Crippen LogP contribution in [0.5, 0.6) is 0 Å². The van der Waals surface area contributed by atoms with Gasteiger partial charge in [-0.15, -0.1) is 0 Å². The van der Waals surface area contributed by atoms with Gasteiger partial charge in [-0.1, -0.05) is 20.3 Å². The van der Waals surface area contributed by atoms with Crippen molar-refractivity contribution >= 4 is 5.78 Å². The lowest BCUT2D eigenvalue weighted by molar-refractivity contribution is -0.133. The second-order valence-corrected chi connectivity index (χ2v) is 12.1. The number of carbonyl (C=O) groups excluding carboxylic acids is 1. The standard InChI is InChI=1S/C27H39N3O2/c1-4-18-11-23(24(31)16-30-15-17(13-28)14-29-30)27(3)10-8-21-20-7-9-26(2,32)12-19(20)5-6-22(21)25(18)27/h14-15,18-23,25,32H,4-12,16H2,1-3H3/t18-,19-,20+,21-,22-,23-,25+,26-,27-/m1/s1. The minimum absolute atomic E-state index is 0.0944. The molecule has 32 heavy (non-hydrogen) atoms. The van der Waals surface area contributed by atoms with Gasteiger partial charge in [0, 0.05) is 12.1 Å². The predicted molar refractivity (Wildman–Crippen MR) is 122 cm³/mol. The van der Waals surface area contributed by atoms with Gasteiger partial charge >= 0.3 is 0 Å². The van der Waals surface area contributed by atoms with Crippen molar-refractivity contribution < 1.29 is 9.90 Å². The van der Waals surface area contributed by atoms with Crippen molar-refractivity contribution in [3.8, 4) is 6.07 Å². The third-order valence-corrected chi connectivity index (χ3v) is 10.4. The average molecular weight is 438 g/mol. The Bertz CT molecular complexity index is 914. The van der Waals surface area contributed by atoms with E-state index in [1.54, 1.807) is 17.1 Å². The Morgan fingerprint density at radius 3 is 2.72 bits per heavy atom. The van der Waals surface area contributed by atoms with Crippen LogP contribution in [-0.4, -0.2) is 26.3 Å². The van der Waals surface area contributed by atoms with Crippen LogP contribution in [0.1, 0.15) is 84.1 Å². The highest BCUT2D eigenvalue weighted by atomic mass is 16.3. The van der Waals surface area contributed by atoms with Gasteiger partial charge in [-0.3, -0.25) is 9.48 Å². The molecule has 174 valence electrons. The van der Waals surface area contributed by atoms with Crippen LogP contribution in [0.25, 0.3) is 0 Å². The Hall–Kier alpha value is -1.67. The van der Waals surface area contributed by atoms with Crippen molar-refractivity contribution in [1.29, 1.82) is 5.26 Å². The lowest BCUT2D eigenvalue weighted by atomic mass is 9.48. The molecular weight excluding hydrogens is 398 g/mol. The first-order valence-electron chi connectivity index (χ1n) is 12.9. The monoisotopic (exact) mass is 437 g/mol. The third-order valence-electron chi connectivity index (χ3n) is 10.4. The van der Waals surface area contributed by atoms with Crippen LogP contribution in [0.15, 0.2) is 12.4 Å². The summed E-state index contributed by atoms with van der Waals surface area (Å²) in [6, 6.07) is 2.11. The first-order chi connectivity index (χ1) is 15.3. The molecule has 5 nitrogen and oxygen atoms in total. The van der Waals surface area contributed by atoms with Gasteiger partial charge < -0.3 is 5.11 Å². The molecule has 0 radical (unpaired) electrons. The fourth-order valence-corrected chi connectivity index (χ4v) is 9.07. The molecule has 4 aliphatic carbocycles. The number of aliphatic hydroxyl groups is 1. The summed E-state index contributed by atoms with van der Waals surface area (Å²) < 4.78 is 1.66. The summed E-state index contributed by atoms with van der Waals surface area (Å²) >= 11 is 0. The third kappa shape index (κ3) is 3.54. The van der Waals surface area contributed by atoms with Crippen LogP contribution in [0.3, 0.4) is 0 Å². The first-order valence-corrected chi connectivity index (χ1v) is 12.9. The lowest BCUT2D eigenvalue weighted by Gasteiger charge is -2.57. The Kier molecular flexibility index (Phi) is 5.52. The van der Waals surface area contributed by atoms with Gasteiger partial charge in [0.05, 0.1) is 23.9 Å². The fourth-order valence-electron chi connectivity index (χ4n) is 9.07. The largest absolute Gasteiger partial charge is 0.390 e. The van der Waals surface area contributed by atoms with Gasteiger partial charge in [0.1, 0.15) is 6.07 Å². The smallest absolute Gasteiger partial charge is 0.157 e. The summed E-state index contributed by atoms with van der Waals surface area (Å²) in [5.74, 6) is 4.70. The van der Waals surface area contributed by atoms with E-state index in [9.17, 15) is 9.90 Å². The van der Waals surface area contributed by atoms with E-state index in [1.807, 2.05) is 6.92 Å². The maximum atomic E-state index is 13.5. The maximum absolute atomic E-state index is 13.5. The molecule has 0 amide bonds. The second kappa shape index (κ2) is 7.97. The van der Waals surface area contributed by atoms with Crippen LogP contribution in [0, 0.1) is 58.2 Å². The van der Waals surface area contributed by atoms with Gasteiger partial charge in [0.15, 0.2) is 5.78 Å². The van der Waals surface area contributed by atoms with Gasteiger partial charge in [-0.2, -0.15) is 10.4 Å². The molecule has 0 aromatic carbocycles. The number of aromatic nitrogens is 2. The summed E-state index contributed by atoms with van der Waals surface area (Å²) in [5, 5.41) is 24.0. The van der Waals surface area contributed by atoms with Crippen LogP contribution in [-0.2, 0) is 11.3 Å². The van der Waals surface area contributed by atoms with Crippen LogP contribution < -0.4 is 0 Å². The molecular formula is C27H39N3O2. The number of Topliss-reactive ketones (excluding diaryl/α,β-unsaturated/α-hetero) is 1. The molecule has 5 heteroatoms. The molecule has 4 saturated carbocycles. The number of hydrogen-bond acceptors (Lipinski definition) is 4. The minimum Gasteiger partial charge on any atom is -0.390 e. The minimum atomic E-state index is -0.466. The quantitative estimate of drug-likeness (QED) is 0.720. The highest BCUT2D eigenvalue weighted by molar-refractivity contribution is 5.82. The lowest BCUT2D eigenvalue weighted by Crippen LogP contribution is -2.52. The summed E-state index contributed by atoms with van der Waals surface area (Å²) in [4.78, 5) is 13.5. The number of carbonyl (C=O) groups is 1.